The first-order valence-electron chi connectivity index (χ1n) is 9.28. The Morgan fingerprint density at radius 3 is 2.57 bits per heavy atom. The minimum Gasteiger partial charge on any atom is -0.419 e. The Labute approximate surface area is 163 Å². The second-order valence-electron chi connectivity index (χ2n) is 7.67. The summed E-state index contributed by atoms with van der Waals surface area (Å²) in [7, 11) is 0. The quantitative estimate of drug-likeness (QED) is 0.463. The summed E-state index contributed by atoms with van der Waals surface area (Å²) in [6.07, 6.45) is 3.47. The lowest BCUT2D eigenvalue weighted by molar-refractivity contribution is -0.222. The van der Waals surface area contributed by atoms with E-state index in [0.717, 1.165) is 31.6 Å². The van der Waals surface area contributed by atoms with E-state index in [1.807, 2.05) is 6.07 Å². The predicted octanol–water partition coefficient (Wildman–Crippen LogP) is 2.15. The highest BCUT2D eigenvalue weighted by Gasteiger charge is 2.39. The summed E-state index contributed by atoms with van der Waals surface area (Å²) in [5.74, 6) is -2.86. The van der Waals surface area contributed by atoms with Crippen molar-refractivity contribution in [3.8, 4) is 0 Å². The summed E-state index contributed by atoms with van der Waals surface area (Å²) in [4.78, 5) is 38.1. The van der Waals surface area contributed by atoms with Crippen molar-refractivity contribution in [1.29, 1.82) is 0 Å². The van der Waals surface area contributed by atoms with Gasteiger partial charge in [0.05, 0.1) is 11.4 Å². The second kappa shape index (κ2) is 7.53. The molecule has 2 aliphatic heterocycles. The number of esters is 2. The molecule has 1 amide bonds. The zero-order valence-corrected chi connectivity index (χ0v) is 16.3. The summed E-state index contributed by atoms with van der Waals surface area (Å²) < 4.78 is 10.2. The number of primary amides is 1. The van der Waals surface area contributed by atoms with Gasteiger partial charge in [0.1, 0.15) is 0 Å². The van der Waals surface area contributed by atoms with Gasteiger partial charge in [-0.2, -0.15) is 0 Å². The highest BCUT2D eigenvalue weighted by Crippen LogP contribution is 2.31. The molecule has 1 aromatic rings. The van der Waals surface area contributed by atoms with Crippen LogP contribution in [-0.4, -0.2) is 36.7 Å². The highest BCUT2D eigenvalue weighted by atomic mass is 16.7. The van der Waals surface area contributed by atoms with Crippen LogP contribution >= 0.6 is 0 Å². The fraction of sp³-hybridized carbons (Fsp3) is 0.450. The lowest BCUT2D eigenvalue weighted by Gasteiger charge is -2.34. The van der Waals surface area contributed by atoms with Crippen LogP contribution in [0, 0.1) is 5.92 Å². The number of piperidine rings is 1. The predicted molar refractivity (Wildman–Crippen MR) is 104 cm³/mol. The van der Waals surface area contributed by atoms with Gasteiger partial charge < -0.3 is 25.4 Å². The van der Waals surface area contributed by atoms with Crippen LogP contribution in [0.15, 0.2) is 30.0 Å². The van der Waals surface area contributed by atoms with Gasteiger partial charge >= 0.3 is 11.9 Å². The average molecular weight is 387 g/mol. The SMILES string of the molecule is CC1CCCN(c2ccc(C(N)=O)cc2NC=C2C(=O)OC(C)(C)OC2=O)C1. The Bertz CT molecular complexity index is 824. The minimum absolute atomic E-state index is 0.248. The number of cyclic esters (lactones) is 2. The van der Waals surface area contributed by atoms with Crippen LogP contribution in [-0.2, 0) is 19.1 Å². The maximum Gasteiger partial charge on any atom is 0.350 e. The third-order valence-corrected chi connectivity index (χ3v) is 4.77. The maximum absolute atomic E-state index is 12.1. The van der Waals surface area contributed by atoms with Gasteiger partial charge in [-0.15, -0.1) is 0 Å². The van der Waals surface area contributed by atoms with Crippen molar-refractivity contribution in [2.45, 2.75) is 39.4 Å². The van der Waals surface area contributed by atoms with Gasteiger partial charge in [0.15, 0.2) is 5.57 Å². The van der Waals surface area contributed by atoms with E-state index in [1.54, 1.807) is 12.1 Å². The first-order chi connectivity index (χ1) is 13.2. The fourth-order valence-electron chi connectivity index (χ4n) is 3.42. The first kappa shape index (κ1) is 19.7. The number of carbonyl (C=O) groups is 3. The number of anilines is 2. The molecule has 0 aromatic heterocycles. The molecule has 8 heteroatoms. The molecule has 3 rings (SSSR count). The van der Waals surface area contributed by atoms with E-state index in [9.17, 15) is 14.4 Å². The van der Waals surface area contributed by atoms with E-state index in [4.69, 9.17) is 15.2 Å². The highest BCUT2D eigenvalue weighted by molar-refractivity contribution is 6.15. The van der Waals surface area contributed by atoms with Crippen LogP contribution in [0.5, 0.6) is 0 Å². The Morgan fingerprint density at radius 2 is 1.96 bits per heavy atom. The van der Waals surface area contributed by atoms with Crippen molar-refractivity contribution in [1.82, 2.24) is 0 Å². The number of nitrogens with one attached hydrogen (secondary N) is 1. The molecular weight excluding hydrogens is 362 g/mol. The van der Waals surface area contributed by atoms with Gasteiger partial charge in [0, 0.05) is 38.7 Å². The number of amides is 1. The number of carbonyl (C=O) groups excluding carboxylic acids is 3. The van der Waals surface area contributed by atoms with Crippen LogP contribution < -0.4 is 16.0 Å². The molecule has 150 valence electrons. The normalized spacial score (nSPS) is 21.6. The molecule has 2 fully saturated rings. The van der Waals surface area contributed by atoms with E-state index >= 15 is 0 Å². The zero-order valence-electron chi connectivity index (χ0n) is 16.3. The van der Waals surface area contributed by atoms with Crippen molar-refractivity contribution in [3.05, 3.63) is 35.5 Å². The number of nitrogens with zero attached hydrogens (tertiary/aromatic N) is 1. The molecular formula is C20H25N3O5. The van der Waals surface area contributed by atoms with E-state index in [2.05, 4.69) is 17.1 Å². The third kappa shape index (κ3) is 4.27. The van der Waals surface area contributed by atoms with Crippen molar-refractivity contribution in [2.24, 2.45) is 11.7 Å². The third-order valence-electron chi connectivity index (χ3n) is 4.77. The summed E-state index contributed by atoms with van der Waals surface area (Å²) in [6.45, 7) is 6.91. The number of benzene rings is 1. The van der Waals surface area contributed by atoms with Crippen LogP contribution in [0.1, 0.15) is 44.0 Å². The molecule has 1 unspecified atom stereocenters. The van der Waals surface area contributed by atoms with Gasteiger partial charge in [-0.3, -0.25) is 4.79 Å². The lowest BCUT2D eigenvalue weighted by atomic mass is 9.99. The standard InChI is InChI=1S/C20H25N3O5/c1-12-5-4-8-23(11-12)16-7-6-13(17(21)24)9-15(16)22-10-14-18(25)27-20(2,3)28-19(14)26/h6-7,9-10,12,22H,4-5,8,11H2,1-3H3,(H2,21,24). The molecule has 28 heavy (non-hydrogen) atoms. The van der Waals surface area contributed by atoms with Gasteiger partial charge in [0.25, 0.3) is 5.79 Å². The molecule has 2 saturated heterocycles. The molecule has 2 aliphatic rings. The molecule has 0 saturated carbocycles. The maximum atomic E-state index is 12.1. The van der Waals surface area contributed by atoms with E-state index in [1.165, 1.54) is 20.0 Å². The summed E-state index contributed by atoms with van der Waals surface area (Å²) in [5, 5.41) is 2.97. The zero-order chi connectivity index (χ0) is 20.5. The first-order valence-corrected chi connectivity index (χ1v) is 9.28. The molecule has 1 aromatic carbocycles. The molecule has 8 nitrogen and oxygen atoms in total. The van der Waals surface area contributed by atoms with Gasteiger partial charge in [0.2, 0.25) is 5.91 Å². The smallest absolute Gasteiger partial charge is 0.350 e. The number of ether oxygens (including phenoxy) is 2. The van der Waals surface area contributed by atoms with Gasteiger partial charge in [-0.25, -0.2) is 9.59 Å². The molecule has 2 heterocycles. The van der Waals surface area contributed by atoms with E-state index in [-0.39, 0.29) is 5.57 Å². The summed E-state index contributed by atoms with van der Waals surface area (Å²) in [6, 6.07) is 5.10. The average Bonchev–Trinajstić information content (AvgIpc) is 2.59. The van der Waals surface area contributed by atoms with Gasteiger partial charge in [-0.1, -0.05) is 6.92 Å². The number of hydrogen-bond acceptors (Lipinski definition) is 7. The van der Waals surface area contributed by atoms with E-state index < -0.39 is 23.6 Å². The Kier molecular flexibility index (Phi) is 5.31. The van der Waals surface area contributed by atoms with Crippen molar-refractivity contribution in [2.75, 3.05) is 23.3 Å². The summed E-state index contributed by atoms with van der Waals surface area (Å²) in [5.41, 5.74) is 6.92. The largest absolute Gasteiger partial charge is 0.419 e. The van der Waals surface area contributed by atoms with Crippen molar-refractivity contribution in [3.63, 3.8) is 0 Å². The number of hydrogen-bond donors (Lipinski definition) is 2. The van der Waals surface area contributed by atoms with Crippen LogP contribution in [0.25, 0.3) is 0 Å². The summed E-state index contributed by atoms with van der Waals surface area (Å²) >= 11 is 0. The molecule has 0 radical (unpaired) electrons. The molecule has 0 spiro atoms. The Morgan fingerprint density at radius 1 is 1.29 bits per heavy atom. The molecule has 3 N–H and O–H groups in total. The fourth-order valence-corrected chi connectivity index (χ4v) is 3.42. The molecule has 0 aliphatic carbocycles. The van der Waals surface area contributed by atoms with Crippen molar-refractivity contribution >= 4 is 29.2 Å². The minimum atomic E-state index is -1.30. The van der Waals surface area contributed by atoms with Crippen molar-refractivity contribution < 1.29 is 23.9 Å². The Hall–Kier alpha value is -3.03. The van der Waals surface area contributed by atoms with Gasteiger partial charge in [-0.05, 0) is 37.0 Å². The van der Waals surface area contributed by atoms with Crippen LogP contribution in [0.3, 0.4) is 0 Å². The van der Waals surface area contributed by atoms with Crippen LogP contribution in [0.2, 0.25) is 0 Å². The van der Waals surface area contributed by atoms with Crippen LogP contribution in [0.4, 0.5) is 11.4 Å². The van der Waals surface area contributed by atoms with E-state index in [0.29, 0.717) is 17.2 Å². The molecule has 1 atom stereocenters. The topological polar surface area (TPSA) is 111 Å². The monoisotopic (exact) mass is 387 g/mol. The molecule has 0 bridgehead atoms. The second-order valence-corrected chi connectivity index (χ2v) is 7.67. The number of nitrogens with two attached hydrogens (primary N) is 1. The number of rotatable bonds is 4. The Balaban J connectivity index is 1.91. The lowest BCUT2D eigenvalue weighted by Crippen LogP contribution is -2.42.